The van der Waals surface area contributed by atoms with Gasteiger partial charge in [-0.05, 0) is 43.2 Å². The fraction of sp³-hybridized carbons (Fsp3) is 0.316. The molecule has 0 saturated heterocycles. The fourth-order valence-corrected chi connectivity index (χ4v) is 2.42. The number of aliphatic hydroxyl groups excluding tert-OH is 1. The maximum Gasteiger partial charge on any atom is 0.322 e. The van der Waals surface area contributed by atoms with E-state index in [1.165, 1.54) is 0 Å². The molecule has 0 aliphatic rings. The summed E-state index contributed by atoms with van der Waals surface area (Å²) in [6.07, 6.45) is 0.531. The van der Waals surface area contributed by atoms with Gasteiger partial charge in [0, 0.05) is 24.9 Å². The van der Waals surface area contributed by atoms with Crippen LogP contribution < -0.4 is 10.1 Å². The van der Waals surface area contributed by atoms with E-state index in [0.29, 0.717) is 18.7 Å². The molecule has 1 atom stereocenters. The summed E-state index contributed by atoms with van der Waals surface area (Å²) in [7, 11) is 1.60. The SMILES string of the molecule is COc1ccc(NC(=O)N(Cc2ccccc2)C(C)CCO)cc1. The van der Waals surface area contributed by atoms with E-state index in [4.69, 9.17) is 4.74 Å². The standard InChI is InChI=1S/C19H24N2O3/c1-15(12-13-22)21(14-16-6-4-3-5-7-16)19(23)20-17-8-10-18(24-2)11-9-17/h3-11,15,22H,12-14H2,1-2H3,(H,20,23). The summed E-state index contributed by atoms with van der Waals surface area (Å²) in [6, 6.07) is 16.8. The van der Waals surface area contributed by atoms with E-state index in [1.54, 1.807) is 36.3 Å². The molecule has 0 aliphatic carbocycles. The number of carbonyl (C=O) groups excluding carboxylic acids is 1. The second-order valence-corrected chi connectivity index (χ2v) is 5.63. The van der Waals surface area contributed by atoms with Crippen molar-refractivity contribution in [3.63, 3.8) is 0 Å². The molecule has 2 aromatic rings. The van der Waals surface area contributed by atoms with Gasteiger partial charge in [0.25, 0.3) is 0 Å². The fourth-order valence-electron chi connectivity index (χ4n) is 2.42. The molecule has 0 aromatic heterocycles. The predicted octanol–water partition coefficient (Wildman–Crippen LogP) is 3.50. The van der Waals surface area contributed by atoms with Gasteiger partial charge in [0.15, 0.2) is 0 Å². The first-order chi connectivity index (χ1) is 11.6. The van der Waals surface area contributed by atoms with Crippen LogP contribution in [-0.2, 0) is 6.54 Å². The van der Waals surface area contributed by atoms with Gasteiger partial charge in [0.1, 0.15) is 5.75 Å². The van der Waals surface area contributed by atoms with Crippen LogP contribution in [0.3, 0.4) is 0 Å². The van der Waals surface area contributed by atoms with E-state index in [-0.39, 0.29) is 18.7 Å². The molecule has 5 heteroatoms. The number of amides is 2. The third-order valence-electron chi connectivity index (χ3n) is 3.88. The normalized spacial score (nSPS) is 11.6. The average molecular weight is 328 g/mol. The van der Waals surface area contributed by atoms with Crippen LogP contribution in [0.2, 0.25) is 0 Å². The highest BCUT2D eigenvalue weighted by Gasteiger charge is 2.20. The number of hydrogen-bond acceptors (Lipinski definition) is 3. The maximum absolute atomic E-state index is 12.7. The van der Waals surface area contributed by atoms with Crippen LogP contribution in [0, 0.1) is 0 Å². The molecule has 0 radical (unpaired) electrons. The zero-order valence-electron chi connectivity index (χ0n) is 14.1. The molecule has 0 heterocycles. The lowest BCUT2D eigenvalue weighted by Crippen LogP contribution is -2.41. The number of nitrogens with zero attached hydrogens (tertiary/aromatic N) is 1. The van der Waals surface area contributed by atoms with Crippen LogP contribution in [0.4, 0.5) is 10.5 Å². The average Bonchev–Trinajstić information content (AvgIpc) is 2.61. The molecule has 2 aromatic carbocycles. The van der Waals surface area contributed by atoms with Crippen molar-refractivity contribution in [2.24, 2.45) is 0 Å². The lowest BCUT2D eigenvalue weighted by Gasteiger charge is -2.29. The number of rotatable bonds is 7. The highest BCUT2D eigenvalue weighted by Crippen LogP contribution is 2.17. The Morgan fingerprint density at radius 3 is 2.42 bits per heavy atom. The van der Waals surface area contributed by atoms with E-state index in [0.717, 1.165) is 11.3 Å². The van der Waals surface area contributed by atoms with Crippen LogP contribution in [-0.4, -0.2) is 35.8 Å². The largest absolute Gasteiger partial charge is 0.497 e. The van der Waals surface area contributed by atoms with E-state index in [1.807, 2.05) is 37.3 Å². The van der Waals surface area contributed by atoms with Crippen molar-refractivity contribution in [1.29, 1.82) is 0 Å². The number of urea groups is 1. The Bertz CT molecular complexity index is 629. The lowest BCUT2D eigenvalue weighted by atomic mass is 10.1. The molecule has 0 fully saturated rings. The third-order valence-corrected chi connectivity index (χ3v) is 3.88. The van der Waals surface area contributed by atoms with Gasteiger partial charge >= 0.3 is 6.03 Å². The van der Waals surface area contributed by atoms with Crippen LogP contribution in [0.1, 0.15) is 18.9 Å². The number of carbonyl (C=O) groups is 1. The summed E-state index contributed by atoms with van der Waals surface area (Å²) in [5, 5.41) is 12.1. The zero-order chi connectivity index (χ0) is 17.4. The first-order valence-electron chi connectivity index (χ1n) is 8.00. The molecule has 0 aliphatic heterocycles. The topological polar surface area (TPSA) is 61.8 Å². The second-order valence-electron chi connectivity index (χ2n) is 5.63. The minimum Gasteiger partial charge on any atom is -0.497 e. The van der Waals surface area contributed by atoms with Gasteiger partial charge < -0.3 is 20.1 Å². The van der Waals surface area contributed by atoms with Crippen molar-refractivity contribution in [2.45, 2.75) is 25.9 Å². The monoisotopic (exact) mass is 328 g/mol. The molecule has 0 spiro atoms. The Hall–Kier alpha value is -2.53. The molecular weight excluding hydrogens is 304 g/mol. The molecule has 24 heavy (non-hydrogen) atoms. The summed E-state index contributed by atoms with van der Waals surface area (Å²) in [5.41, 5.74) is 1.75. The number of aliphatic hydroxyl groups is 1. The minimum absolute atomic E-state index is 0.0439. The van der Waals surface area contributed by atoms with Crippen molar-refractivity contribution in [3.8, 4) is 5.75 Å². The number of ether oxygens (including phenoxy) is 1. The van der Waals surface area contributed by atoms with Crippen LogP contribution >= 0.6 is 0 Å². The van der Waals surface area contributed by atoms with E-state index in [9.17, 15) is 9.90 Å². The Labute approximate surface area is 142 Å². The number of methoxy groups -OCH3 is 1. The number of anilines is 1. The van der Waals surface area contributed by atoms with Crippen LogP contribution in [0.25, 0.3) is 0 Å². The molecular formula is C19H24N2O3. The Morgan fingerprint density at radius 2 is 1.83 bits per heavy atom. The summed E-state index contributed by atoms with van der Waals surface area (Å²) < 4.78 is 5.12. The van der Waals surface area contributed by atoms with Gasteiger partial charge in [-0.25, -0.2) is 4.79 Å². The number of nitrogens with one attached hydrogen (secondary N) is 1. The van der Waals surface area contributed by atoms with Crippen molar-refractivity contribution < 1.29 is 14.6 Å². The number of benzene rings is 2. The first kappa shape index (κ1) is 17.8. The molecule has 2 rings (SSSR count). The van der Waals surface area contributed by atoms with Gasteiger partial charge in [0.2, 0.25) is 0 Å². The highest BCUT2D eigenvalue weighted by molar-refractivity contribution is 5.89. The van der Waals surface area contributed by atoms with Crippen molar-refractivity contribution in [3.05, 3.63) is 60.2 Å². The van der Waals surface area contributed by atoms with Crippen molar-refractivity contribution in [2.75, 3.05) is 19.0 Å². The van der Waals surface area contributed by atoms with Gasteiger partial charge in [-0.1, -0.05) is 30.3 Å². The maximum atomic E-state index is 12.7. The highest BCUT2D eigenvalue weighted by atomic mass is 16.5. The molecule has 5 nitrogen and oxygen atoms in total. The summed E-state index contributed by atoms with van der Waals surface area (Å²) in [5.74, 6) is 0.739. The molecule has 0 saturated carbocycles. The van der Waals surface area contributed by atoms with Gasteiger partial charge in [-0.2, -0.15) is 0 Å². The Morgan fingerprint density at radius 1 is 1.17 bits per heavy atom. The predicted molar refractivity (Wildman–Crippen MR) is 95.2 cm³/mol. The zero-order valence-corrected chi connectivity index (χ0v) is 14.1. The smallest absolute Gasteiger partial charge is 0.322 e. The first-order valence-corrected chi connectivity index (χ1v) is 8.00. The van der Waals surface area contributed by atoms with Crippen LogP contribution in [0.15, 0.2) is 54.6 Å². The molecule has 2 amide bonds. The van der Waals surface area contributed by atoms with Crippen LogP contribution in [0.5, 0.6) is 5.75 Å². The van der Waals surface area contributed by atoms with Crippen molar-refractivity contribution >= 4 is 11.7 Å². The van der Waals surface area contributed by atoms with Gasteiger partial charge in [0.05, 0.1) is 7.11 Å². The minimum atomic E-state index is -0.190. The summed E-state index contributed by atoms with van der Waals surface area (Å²) in [6.45, 7) is 2.47. The number of hydrogen-bond donors (Lipinski definition) is 2. The Balaban J connectivity index is 2.10. The molecule has 1 unspecified atom stereocenters. The van der Waals surface area contributed by atoms with E-state index >= 15 is 0 Å². The third kappa shape index (κ3) is 4.99. The van der Waals surface area contributed by atoms with Gasteiger partial charge in [-0.15, -0.1) is 0 Å². The van der Waals surface area contributed by atoms with Crippen molar-refractivity contribution in [1.82, 2.24) is 4.90 Å². The Kier molecular flexibility index (Phi) is 6.63. The van der Waals surface area contributed by atoms with E-state index in [2.05, 4.69) is 5.32 Å². The summed E-state index contributed by atoms with van der Waals surface area (Å²) >= 11 is 0. The quantitative estimate of drug-likeness (QED) is 0.818. The van der Waals surface area contributed by atoms with Gasteiger partial charge in [-0.3, -0.25) is 0 Å². The van der Waals surface area contributed by atoms with E-state index < -0.39 is 0 Å². The molecule has 2 N–H and O–H groups in total. The molecule has 128 valence electrons. The second kappa shape index (κ2) is 8.93. The summed E-state index contributed by atoms with van der Waals surface area (Å²) in [4.78, 5) is 14.4. The lowest BCUT2D eigenvalue weighted by molar-refractivity contribution is 0.169. The molecule has 0 bridgehead atoms.